The lowest BCUT2D eigenvalue weighted by Crippen LogP contribution is -2.96. The van der Waals surface area contributed by atoms with Gasteiger partial charge < -0.3 is 20.1 Å². The highest BCUT2D eigenvalue weighted by atomic mass is 16.6. The number of hydrogen-bond donors (Lipinski definition) is 2. The minimum Gasteiger partial charge on any atom is -0.490 e. The standard InChI is InChI=1S/C14H18N2O4/c17-13(10-12-14(18)16-7-6-15-12)20-9-8-19-11-4-2-1-3-5-11/h1-5,12,15H,6-10H2,(H,16,18)/p+1/t12-/m0/s1. The van der Waals surface area contributed by atoms with Crippen molar-refractivity contribution in [1.82, 2.24) is 5.32 Å². The van der Waals surface area contributed by atoms with Crippen molar-refractivity contribution in [3.05, 3.63) is 30.3 Å². The molecule has 2 rings (SSSR count). The average molecular weight is 279 g/mol. The van der Waals surface area contributed by atoms with E-state index < -0.39 is 0 Å². The fourth-order valence-corrected chi connectivity index (χ4v) is 1.96. The third kappa shape index (κ3) is 4.55. The molecule has 0 bridgehead atoms. The molecular weight excluding hydrogens is 260 g/mol. The summed E-state index contributed by atoms with van der Waals surface area (Å²) in [5.41, 5.74) is 0. The van der Waals surface area contributed by atoms with Gasteiger partial charge in [0.2, 0.25) is 0 Å². The smallest absolute Gasteiger partial charge is 0.312 e. The Bertz CT molecular complexity index is 450. The van der Waals surface area contributed by atoms with Crippen LogP contribution in [0.5, 0.6) is 5.75 Å². The van der Waals surface area contributed by atoms with Gasteiger partial charge in [-0.3, -0.25) is 9.59 Å². The number of rotatable bonds is 6. The first-order valence-electron chi connectivity index (χ1n) is 6.70. The van der Waals surface area contributed by atoms with Gasteiger partial charge in [0.1, 0.15) is 25.4 Å². The number of esters is 1. The van der Waals surface area contributed by atoms with E-state index in [1.165, 1.54) is 0 Å². The molecule has 0 spiro atoms. The van der Waals surface area contributed by atoms with E-state index in [0.29, 0.717) is 13.2 Å². The summed E-state index contributed by atoms with van der Waals surface area (Å²) in [4.78, 5) is 23.1. The van der Waals surface area contributed by atoms with Crippen LogP contribution >= 0.6 is 0 Å². The fraction of sp³-hybridized carbons (Fsp3) is 0.429. The first kappa shape index (κ1) is 14.3. The number of nitrogens with one attached hydrogen (secondary N) is 1. The lowest BCUT2D eigenvalue weighted by molar-refractivity contribution is -0.678. The number of quaternary nitrogens is 1. The SMILES string of the molecule is O=C(C[C@@H]1[NH2+]CCNC1=O)OCCOc1ccccc1. The second-order valence-electron chi connectivity index (χ2n) is 4.51. The Kier molecular flexibility index (Phi) is 5.37. The maximum atomic E-state index is 11.6. The molecule has 1 fully saturated rings. The molecule has 1 heterocycles. The predicted molar refractivity (Wildman–Crippen MR) is 71.1 cm³/mol. The van der Waals surface area contributed by atoms with Gasteiger partial charge in [-0.1, -0.05) is 18.2 Å². The zero-order valence-corrected chi connectivity index (χ0v) is 11.2. The van der Waals surface area contributed by atoms with Gasteiger partial charge in [-0.2, -0.15) is 0 Å². The van der Waals surface area contributed by atoms with E-state index in [4.69, 9.17) is 9.47 Å². The van der Waals surface area contributed by atoms with Crippen LogP contribution in [0.1, 0.15) is 6.42 Å². The number of amides is 1. The van der Waals surface area contributed by atoms with Gasteiger partial charge in [0.15, 0.2) is 6.04 Å². The van der Waals surface area contributed by atoms with E-state index >= 15 is 0 Å². The highest BCUT2D eigenvalue weighted by Gasteiger charge is 2.28. The topological polar surface area (TPSA) is 81.2 Å². The summed E-state index contributed by atoms with van der Waals surface area (Å²) in [7, 11) is 0. The molecular formula is C14H19N2O4+. The van der Waals surface area contributed by atoms with Crippen molar-refractivity contribution in [2.45, 2.75) is 12.5 Å². The first-order chi connectivity index (χ1) is 9.75. The van der Waals surface area contributed by atoms with Gasteiger partial charge in [0.25, 0.3) is 5.91 Å². The molecule has 108 valence electrons. The minimum atomic E-state index is -0.375. The molecule has 0 aromatic heterocycles. The quantitative estimate of drug-likeness (QED) is 0.520. The highest BCUT2D eigenvalue weighted by Crippen LogP contribution is 2.07. The number of hydrogen-bond acceptors (Lipinski definition) is 4. The molecule has 1 aromatic carbocycles. The van der Waals surface area contributed by atoms with Crippen LogP contribution in [-0.4, -0.2) is 44.2 Å². The molecule has 20 heavy (non-hydrogen) atoms. The Labute approximate surface area is 117 Å². The zero-order chi connectivity index (χ0) is 14.2. The Balaban J connectivity index is 1.61. The van der Waals surface area contributed by atoms with Crippen molar-refractivity contribution in [3.63, 3.8) is 0 Å². The van der Waals surface area contributed by atoms with E-state index in [2.05, 4.69) is 5.32 Å². The Morgan fingerprint density at radius 3 is 2.85 bits per heavy atom. The van der Waals surface area contributed by atoms with Gasteiger partial charge in [0.05, 0.1) is 13.1 Å². The third-order valence-corrected chi connectivity index (χ3v) is 2.98. The van der Waals surface area contributed by atoms with Crippen LogP contribution in [0.3, 0.4) is 0 Å². The van der Waals surface area contributed by atoms with Gasteiger partial charge in [-0.05, 0) is 12.1 Å². The van der Waals surface area contributed by atoms with Crippen molar-refractivity contribution in [1.29, 1.82) is 0 Å². The van der Waals surface area contributed by atoms with Gasteiger partial charge in [-0.25, -0.2) is 0 Å². The maximum absolute atomic E-state index is 11.6. The van der Waals surface area contributed by atoms with Gasteiger partial charge >= 0.3 is 5.97 Å². The molecule has 1 amide bonds. The molecule has 0 unspecified atom stereocenters. The summed E-state index contributed by atoms with van der Waals surface area (Å²) >= 11 is 0. The number of ether oxygens (including phenoxy) is 2. The van der Waals surface area contributed by atoms with Crippen LogP contribution in [-0.2, 0) is 14.3 Å². The van der Waals surface area contributed by atoms with E-state index in [1.807, 2.05) is 35.6 Å². The zero-order valence-electron chi connectivity index (χ0n) is 11.2. The molecule has 6 heteroatoms. The van der Waals surface area contributed by atoms with Gasteiger partial charge in [0, 0.05) is 0 Å². The molecule has 1 atom stereocenters. The number of benzene rings is 1. The van der Waals surface area contributed by atoms with E-state index in [9.17, 15) is 9.59 Å². The molecule has 1 aliphatic heterocycles. The summed E-state index contributed by atoms with van der Waals surface area (Å²) < 4.78 is 10.5. The van der Waals surface area contributed by atoms with Crippen LogP contribution in [0.2, 0.25) is 0 Å². The van der Waals surface area contributed by atoms with Crippen molar-refractivity contribution >= 4 is 11.9 Å². The maximum Gasteiger partial charge on any atom is 0.312 e. The van der Waals surface area contributed by atoms with Crippen LogP contribution in [0.25, 0.3) is 0 Å². The highest BCUT2D eigenvalue weighted by molar-refractivity contribution is 5.85. The van der Waals surface area contributed by atoms with Gasteiger partial charge in [-0.15, -0.1) is 0 Å². The summed E-state index contributed by atoms with van der Waals surface area (Å²) in [6.07, 6.45) is 0.0944. The molecule has 0 aliphatic carbocycles. The molecule has 0 radical (unpaired) electrons. The second-order valence-corrected chi connectivity index (χ2v) is 4.51. The number of nitrogens with two attached hydrogens (primary N) is 1. The minimum absolute atomic E-state index is 0.0944. The normalized spacial score (nSPS) is 18.2. The number of para-hydroxylation sites is 1. The van der Waals surface area contributed by atoms with Crippen LogP contribution in [0.4, 0.5) is 0 Å². The third-order valence-electron chi connectivity index (χ3n) is 2.98. The van der Waals surface area contributed by atoms with Crippen LogP contribution in [0.15, 0.2) is 30.3 Å². The number of piperazine rings is 1. The Morgan fingerprint density at radius 2 is 2.10 bits per heavy atom. The summed E-state index contributed by atoms with van der Waals surface area (Å²) in [5, 5.41) is 4.59. The second kappa shape index (κ2) is 7.49. The van der Waals surface area contributed by atoms with E-state index in [-0.39, 0.29) is 30.9 Å². The number of carbonyl (C=O) groups is 2. The largest absolute Gasteiger partial charge is 0.490 e. The summed E-state index contributed by atoms with van der Waals surface area (Å²) in [6, 6.07) is 8.95. The molecule has 1 saturated heterocycles. The average Bonchev–Trinajstić information content (AvgIpc) is 2.47. The Morgan fingerprint density at radius 1 is 1.30 bits per heavy atom. The van der Waals surface area contributed by atoms with Crippen LogP contribution < -0.4 is 15.4 Å². The lowest BCUT2D eigenvalue weighted by Gasteiger charge is -2.19. The predicted octanol–water partition coefficient (Wildman–Crippen LogP) is -0.939. The lowest BCUT2D eigenvalue weighted by atomic mass is 10.1. The fourth-order valence-electron chi connectivity index (χ4n) is 1.96. The van der Waals surface area contributed by atoms with E-state index in [0.717, 1.165) is 12.3 Å². The Hall–Kier alpha value is -2.08. The molecule has 3 N–H and O–H groups in total. The molecule has 1 aromatic rings. The van der Waals surface area contributed by atoms with Crippen LogP contribution in [0, 0.1) is 0 Å². The van der Waals surface area contributed by atoms with E-state index in [1.54, 1.807) is 0 Å². The molecule has 0 saturated carbocycles. The monoisotopic (exact) mass is 279 g/mol. The molecule has 1 aliphatic rings. The molecule has 6 nitrogen and oxygen atoms in total. The van der Waals surface area contributed by atoms with Crippen molar-refractivity contribution in [3.8, 4) is 5.75 Å². The summed E-state index contributed by atoms with van der Waals surface area (Å²) in [5.74, 6) is 0.261. The van der Waals surface area contributed by atoms with Crippen molar-refractivity contribution < 1.29 is 24.4 Å². The van der Waals surface area contributed by atoms with Crippen molar-refractivity contribution in [2.24, 2.45) is 0 Å². The first-order valence-corrected chi connectivity index (χ1v) is 6.70. The van der Waals surface area contributed by atoms with Crippen molar-refractivity contribution in [2.75, 3.05) is 26.3 Å². The summed E-state index contributed by atoms with van der Waals surface area (Å²) in [6.45, 7) is 1.93. The number of carbonyl (C=O) groups excluding carboxylic acids is 2.